The summed E-state index contributed by atoms with van der Waals surface area (Å²) in [6.45, 7) is 4.52. The van der Waals surface area contributed by atoms with Crippen molar-refractivity contribution in [1.29, 1.82) is 0 Å². The quantitative estimate of drug-likeness (QED) is 0.700. The predicted octanol–water partition coefficient (Wildman–Crippen LogP) is 0.761. The van der Waals surface area contributed by atoms with E-state index < -0.39 is 5.66 Å². The van der Waals surface area contributed by atoms with Gasteiger partial charge in [-0.3, -0.25) is 4.90 Å². The Morgan fingerprint density at radius 1 is 1.09 bits per heavy atom. The molecule has 6 heteroatoms. The lowest BCUT2D eigenvalue weighted by Crippen LogP contribution is -2.57. The first-order valence-corrected chi connectivity index (χ1v) is 9.27. The standard InChI is InChI=1S/C17H30N6/c18-16-20-15(23-10-9-22-8-4-7-14(22)12-23)11-17(19,21-16)13-5-2-1-3-6-13/h11,13-14H,1-10,12,19H2,(H3,18,20,21). The first-order chi connectivity index (χ1) is 11.1. The number of nitrogens with zero attached hydrogens (tertiary/aromatic N) is 3. The van der Waals surface area contributed by atoms with E-state index in [1.54, 1.807) is 0 Å². The van der Waals surface area contributed by atoms with E-state index in [4.69, 9.17) is 11.5 Å². The van der Waals surface area contributed by atoms with E-state index in [0.717, 1.165) is 38.3 Å². The highest BCUT2D eigenvalue weighted by Gasteiger charge is 2.39. The van der Waals surface area contributed by atoms with Gasteiger partial charge in [0.25, 0.3) is 0 Å². The van der Waals surface area contributed by atoms with Crippen LogP contribution >= 0.6 is 0 Å². The molecule has 0 amide bonds. The normalized spacial score (nSPS) is 36.2. The number of nitrogens with one attached hydrogen (secondary N) is 1. The summed E-state index contributed by atoms with van der Waals surface area (Å²) in [6, 6.07) is 0.688. The van der Waals surface area contributed by atoms with Crippen molar-refractivity contribution in [3.05, 3.63) is 11.9 Å². The summed E-state index contributed by atoms with van der Waals surface area (Å²) in [5.74, 6) is 1.97. The SMILES string of the molecule is NC1=NC(N)(C2CCCCC2)C=C(N2CCN3CCCC3C2)N1. The van der Waals surface area contributed by atoms with Crippen LogP contribution in [0.1, 0.15) is 44.9 Å². The second kappa shape index (κ2) is 5.98. The number of nitrogens with two attached hydrogens (primary N) is 2. The molecule has 3 fully saturated rings. The van der Waals surface area contributed by atoms with Crippen LogP contribution in [0.15, 0.2) is 16.9 Å². The van der Waals surface area contributed by atoms with Crippen LogP contribution in [0.4, 0.5) is 0 Å². The lowest BCUT2D eigenvalue weighted by Gasteiger charge is -2.43. The van der Waals surface area contributed by atoms with Gasteiger partial charge in [0.2, 0.25) is 0 Å². The molecule has 3 aliphatic heterocycles. The Balaban J connectivity index is 1.53. The molecule has 4 aliphatic rings. The molecule has 2 saturated heterocycles. The maximum absolute atomic E-state index is 6.71. The van der Waals surface area contributed by atoms with Crippen LogP contribution < -0.4 is 16.8 Å². The summed E-state index contributed by atoms with van der Waals surface area (Å²) >= 11 is 0. The summed E-state index contributed by atoms with van der Waals surface area (Å²) in [5.41, 5.74) is 12.2. The lowest BCUT2D eigenvalue weighted by atomic mass is 9.80. The number of hydrogen-bond donors (Lipinski definition) is 3. The highest BCUT2D eigenvalue weighted by molar-refractivity contribution is 5.81. The van der Waals surface area contributed by atoms with Crippen LogP contribution in [0.5, 0.6) is 0 Å². The Labute approximate surface area is 139 Å². The molecule has 0 spiro atoms. The fraction of sp³-hybridized carbons (Fsp3) is 0.824. The van der Waals surface area contributed by atoms with E-state index in [0.29, 0.717) is 17.9 Å². The van der Waals surface area contributed by atoms with Gasteiger partial charge in [-0.25, -0.2) is 4.99 Å². The maximum Gasteiger partial charge on any atom is 0.196 e. The fourth-order valence-electron chi connectivity index (χ4n) is 4.81. The van der Waals surface area contributed by atoms with E-state index in [1.807, 2.05) is 0 Å². The topological polar surface area (TPSA) is 82.9 Å². The molecule has 23 heavy (non-hydrogen) atoms. The molecule has 4 rings (SSSR count). The molecule has 0 aromatic heterocycles. The van der Waals surface area contributed by atoms with Crippen LogP contribution in [0, 0.1) is 5.92 Å². The average Bonchev–Trinajstić information content (AvgIpc) is 3.02. The second-order valence-corrected chi connectivity index (χ2v) is 7.65. The summed E-state index contributed by atoms with van der Waals surface area (Å²) in [6.07, 6.45) is 11.0. The Morgan fingerprint density at radius 2 is 1.91 bits per heavy atom. The van der Waals surface area contributed by atoms with E-state index in [1.165, 1.54) is 38.6 Å². The van der Waals surface area contributed by atoms with E-state index in [9.17, 15) is 0 Å². The third kappa shape index (κ3) is 2.94. The number of piperazine rings is 1. The maximum atomic E-state index is 6.71. The monoisotopic (exact) mass is 318 g/mol. The Morgan fingerprint density at radius 3 is 2.74 bits per heavy atom. The third-order valence-corrected chi connectivity index (χ3v) is 6.13. The highest BCUT2D eigenvalue weighted by atomic mass is 15.4. The fourth-order valence-corrected chi connectivity index (χ4v) is 4.81. The molecule has 0 aromatic rings. The molecule has 0 aromatic carbocycles. The van der Waals surface area contributed by atoms with Gasteiger partial charge in [0.1, 0.15) is 11.5 Å². The van der Waals surface area contributed by atoms with Crippen LogP contribution in [0.2, 0.25) is 0 Å². The van der Waals surface area contributed by atoms with Crippen LogP contribution in [-0.4, -0.2) is 53.6 Å². The number of rotatable bonds is 2. The minimum Gasteiger partial charge on any atom is -0.370 e. The van der Waals surface area contributed by atoms with Crippen molar-refractivity contribution >= 4 is 5.96 Å². The van der Waals surface area contributed by atoms with E-state index >= 15 is 0 Å². The molecular weight excluding hydrogens is 288 g/mol. The van der Waals surface area contributed by atoms with Crippen molar-refractivity contribution in [2.24, 2.45) is 22.4 Å². The van der Waals surface area contributed by atoms with E-state index in [-0.39, 0.29) is 0 Å². The van der Waals surface area contributed by atoms with Gasteiger partial charge in [-0.05, 0) is 38.3 Å². The van der Waals surface area contributed by atoms with Gasteiger partial charge in [-0.1, -0.05) is 19.3 Å². The third-order valence-electron chi connectivity index (χ3n) is 6.13. The van der Waals surface area contributed by atoms with Gasteiger partial charge in [0.05, 0.1) is 0 Å². The van der Waals surface area contributed by atoms with Crippen molar-refractivity contribution in [2.45, 2.75) is 56.7 Å². The zero-order valence-electron chi connectivity index (χ0n) is 14.0. The smallest absolute Gasteiger partial charge is 0.196 e. The molecule has 5 N–H and O–H groups in total. The average molecular weight is 318 g/mol. The van der Waals surface area contributed by atoms with Crippen LogP contribution in [0.25, 0.3) is 0 Å². The summed E-state index contributed by atoms with van der Waals surface area (Å²) in [4.78, 5) is 9.65. The van der Waals surface area contributed by atoms with Crippen molar-refractivity contribution in [3.8, 4) is 0 Å². The molecule has 2 atom stereocenters. The Hall–Kier alpha value is -1.27. The first kappa shape index (κ1) is 15.3. The van der Waals surface area contributed by atoms with Crippen molar-refractivity contribution < 1.29 is 0 Å². The zero-order chi connectivity index (χ0) is 15.9. The van der Waals surface area contributed by atoms with Crippen molar-refractivity contribution in [3.63, 3.8) is 0 Å². The molecule has 0 bridgehead atoms. The van der Waals surface area contributed by atoms with Gasteiger partial charge < -0.3 is 21.7 Å². The second-order valence-electron chi connectivity index (χ2n) is 7.65. The predicted molar refractivity (Wildman–Crippen MR) is 92.5 cm³/mol. The highest BCUT2D eigenvalue weighted by Crippen LogP contribution is 2.35. The Bertz CT molecular complexity index is 509. The summed E-state index contributed by atoms with van der Waals surface area (Å²) in [7, 11) is 0. The van der Waals surface area contributed by atoms with Crippen molar-refractivity contribution in [1.82, 2.24) is 15.1 Å². The minimum atomic E-state index is -0.627. The first-order valence-electron chi connectivity index (χ1n) is 9.27. The van der Waals surface area contributed by atoms with Gasteiger partial charge in [-0.15, -0.1) is 0 Å². The van der Waals surface area contributed by atoms with Crippen LogP contribution in [-0.2, 0) is 0 Å². The van der Waals surface area contributed by atoms with Gasteiger partial charge in [0, 0.05) is 31.6 Å². The number of hydrogen-bond acceptors (Lipinski definition) is 6. The molecule has 1 aliphatic carbocycles. The largest absolute Gasteiger partial charge is 0.370 e. The molecule has 1 saturated carbocycles. The van der Waals surface area contributed by atoms with Crippen LogP contribution in [0.3, 0.4) is 0 Å². The number of aliphatic imine (C=N–C) groups is 1. The molecule has 2 unspecified atom stereocenters. The molecular formula is C17H30N6. The van der Waals surface area contributed by atoms with Crippen molar-refractivity contribution in [2.75, 3.05) is 26.2 Å². The van der Waals surface area contributed by atoms with Gasteiger partial charge in [0.15, 0.2) is 5.96 Å². The molecule has 3 heterocycles. The van der Waals surface area contributed by atoms with Gasteiger partial charge >= 0.3 is 0 Å². The lowest BCUT2D eigenvalue weighted by molar-refractivity contribution is 0.123. The molecule has 128 valence electrons. The number of guanidine groups is 1. The zero-order valence-corrected chi connectivity index (χ0v) is 14.0. The van der Waals surface area contributed by atoms with Gasteiger partial charge in [-0.2, -0.15) is 0 Å². The minimum absolute atomic E-state index is 0.416. The van der Waals surface area contributed by atoms with E-state index in [2.05, 4.69) is 26.2 Å². The molecule has 0 radical (unpaired) electrons. The summed E-state index contributed by atoms with van der Waals surface area (Å²) in [5, 5.41) is 3.28. The Kier molecular flexibility index (Phi) is 3.97. The molecule has 6 nitrogen and oxygen atoms in total. The number of fused-ring (bicyclic) bond motifs is 1. The summed E-state index contributed by atoms with van der Waals surface area (Å²) < 4.78 is 0.